The molecule has 0 aliphatic heterocycles. The van der Waals surface area contributed by atoms with Gasteiger partial charge < -0.3 is 0 Å². The molecule has 2 atom stereocenters. The highest BCUT2D eigenvalue weighted by Gasteiger charge is 2.56. The van der Waals surface area contributed by atoms with Gasteiger partial charge in [-0.15, -0.1) is 0 Å². The van der Waals surface area contributed by atoms with Crippen molar-refractivity contribution in [2.24, 2.45) is 17.8 Å². The van der Waals surface area contributed by atoms with E-state index in [4.69, 9.17) is 0 Å². The van der Waals surface area contributed by atoms with Crippen molar-refractivity contribution in [1.82, 2.24) is 0 Å². The van der Waals surface area contributed by atoms with Gasteiger partial charge in [-0.05, 0) is 50.2 Å². The summed E-state index contributed by atoms with van der Waals surface area (Å²) in [6.07, 6.45) is 3.91. The van der Waals surface area contributed by atoms with Crippen molar-refractivity contribution in [2.75, 3.05) is 0 Å². The Labute approximate surface area is 96.9 Å². The Hall–Kier alpha value is -1.11. The zero-order valence-electron chi connectivity index (χ0n) is 9.99. The van der Waals surface area contributed by atoms with Gasteiger partial charge >= 0.3 is 0 Å². The summed E-state index contributed by atoms with van der Waals surface area (Å²) in [6.45, 7) is 4.11. The smallest absolute Gasteiger partial charge is 0.166 e. The fourth-order valence-corrected chi connectivity index (χ4v) is 3.39. The molecule has 2 aliphatic carbocycles. The molecule has 3 rings (SSSR count). The van der Waals surface area contributed by atoms with Crippen LogP contribution in [-0.2, 0) is 0 Å². The van der Waals surface area contributed by atoms with Crippen molar-refractivity contribution in [3.63, 3.8) is 0 Å². The van der Waals surface area contributed by atoms with Crippen LogP contribution in [0.4, 0.5) is 0 Å². The van der Waals surface area contributed by atoms with Crippen LogP contribution in [0.1, 0.15) is 40.7 Å². The third-order valence-electron chi connectivity index (χ3n) is 4.37. The zero-order chi connectivity index (χ0) is 11.3. The van der Waals surface area contributed by atoms with Gasteiger partial charge in [-0.25, -0.2) is 0 Å². The topological polar surface area (TPSA) is 17.1 Å². The monoisotopic (exact) mass is 214 g/mol. The lowest BCUT2D eigenvalue weighted by Gasteiger charge is -2.07. The Morgan fingerprint density at radius 2 is 1.88 bits per heavy atom. The summed E-state index contributed by atoms with van der Waals surface area (Å²) in [6, 6.07) is 6.21. The molecule has 2 unspecified atom stereocenters. The maximum atomic E-state index is 12.4. The summed E-state index contributed by atoms with van der Waals surface area (Å²) in [5, 5.41) is 0. The largest absolute Gasteiger partial charge is 0.294 e. The van der Waals surface area contributed by atoms with Crippen molar-refractivity contribution < 1.29 is 4.79 Å². The van der Waals surface area contributed by atoms with Crippen LogP contribution in [0.5, 0.6) is 0 Å². The first kappa shape index (κ1) is 10.1. The molecule has 0 radical (unpaired) electrons. The molecule has 0 aromatic heterocycles. The van der Waals surface area contributed by atoms with E-state index < -0.39 is 0 Å². The number of fused-ring (bicyclic) bond motifs is 1. The van der Waals surface area contributed by atoms with E-state index in [0.29, 0.717) is 11.7 Å². The minimum atomic E-state index is 0.370. The first-order chi connectivity index (χ1) is 7.68. The molecule has 16 heavy (non-hydrogen) atoms. The Balaban J connectivity index is 1.87. The van der Waals surface area contributed by atoms with Crippen LogP contribution in [0, 0.1) is 31.6 Å². The number of hydrogen-bond donors (Lipinski definition) is 0. The Morgan fingerprint density at radius 1 is 1.19 bits per heavy atom. The number of aryl methyl sites for hydroxylation is 2. The van der Waals surface area contributed by atoms with Crippen LogP contribution in [0.15, 0.2) is 18.2 Å². The van der Waals surface area contributed by atoms with E-state index in [0.717, 1.165) is 23.0 Å². The maximum Gasteiger partial charge on any atom is 0.166 e. The van der Waals surface area contributed by atoms with Crippen molar-refractivity contribution in [3.05, 3.63) is 34.9 Å². The number of hydrogen-bond acceptors (Lipinski definition) is 1. The first-order valence-corrected chi connectivity index (χ1v) is 6.30. The fraction of sp³-hybridized carbons (Fsp3) is 0.533. The molecule has 2 fully saturated rings. The lowest BCUT2D eigenvalue weighted by atomic mass is 9.96. The molecule has 2 aliphatic rings. The highest BCUT2D eigenvalue weighted by atomic mass is 16.1. The molecule has 84 valence electrons. The quantitative estimate of drug-likeness (QED) is 0.688. The van der Waals surface area contributed by atoms with Gasteiger partial charge in [-0.1, -0.05) is 24.1 Å². The van der Waals surface area contributed by atoms with Gasteiger partial charge in [0, 0.05) is 11.5 Å². The summed E-state index contributed by atoms with van der Waals surface area (Å²) in [4.78, 5) is 12.4. The van der Waals surface area contributed by atoms with Gasteiger partial charge in [-0.3, -0.25) is 4.79 Å². The number of ketones is 1. The molecule has 0 spiro atoms. The van der Waals surface area contributed by atoms with E-state index in [2.05, 4.69) is 25.1 Å². The molecule has 0 heterocycles. The van der Waals surface area contributed by atoms with E-state index in [1.165, 1.54) is 24.8 Å². The second kappa shape index (κ2) is 3.44. The molecule has 1 aromatic carbocycles. The van der Waals surface area contributed by atoms with Crippen LogP contribution >= 0.6 is 0 Å². The lowest BCUT2D eigenvalue weighted by molar-refractivity contribution is 0.0951. The fourth-order valence-electron chi connectivity index (χ4n) is 3.39. The predicted octanol–water partition coefficient (Wildman–Crippen LogP) is 3.53. The summed E-state index contributed by atoms with van der Waals surface area (Å²) >= 11 is 0. The number of rotatable bonds is 2. The molecule has 0 amide bonds. The molecule has 1 heteroatoms. The van der Waals surface area contributed by atoms with Crippen LogP contribution in [0.25, 0.3) is 0 Å². The van der Waals surface area contributed by atoms with E-state index in [-0.39, 0.29) is 0 Å². The van der Waals surface area contributed by atoms with Gasteiger partial charge in [0.1, 0.15) is 0 Å². The van der Waals surface area contributed by atoms with Crippen LogP contribution in [0.2, 0.25) is 0 Å². The average Bonchev–Trinajstić information content (AvgIpc) is 2.74. The Bertz CT molecular complexity index is 437. The molecule has 0 saturated heterocycles. The van der Waals surface area contributed by atoms with E-state index in [1.54, 1.807) is 0 Å². The molecular formula is C15H18O. The van der Waals surface area contributed by atoms with Crippen LogP contribution in [0.3, 0.4) is 0 Å². The number of benzene rings is 1. The second-order valence-electron chi connectivity index (χ2n) is 5.47. The van der Waals surface area contributed by atoms with E-state index in [9.17, 15) is 4.79 Å². The number of Topliss-reactive ketones (excluding diaryl/α,β-unsaturated/α-hetero) is 1. The highest BCUT2D eigenvalue weighted by molar-refractivity contribution is 6.01. The standard InChI is InChI=1S/C15H18O/c1-9-6-7-10(2)13(8-9)15(16)14-11-4-3-5-12(11)14/h6-8,11-12,14H,3-5H2,1-2H3. The Morgan fingerprint density at radius 3 is 2.56 bits per heavy atom. The predicted molar refractivity (Wildman–Crippen MR) is 64.6 cm³/mol. The summed E-state index contributed by atoms with van der Waals surface area (Å²) < 4.78 is 0. The highest BCUT2D eigenvalue weighted by Crippen LogP contribution is 2.58. The summed E-state index contributed by atoms with van der Waals surface area (Å²) in [5.41, 5.74) is 3.31. The van der Waals surface area contributed by atoms with Crippen molar-refractivity contribution in [1.29, 1.82) is 0 Å². The first-order valence-electron chi connectivity index (χ1n) is 6.30. The van der Waals surface area contributed by atoms with Gasteiger partial charge in [0.15, 0.2) is 5.78 Å². The van der Waals surface area contributed by atoms with Gasteiger partial charge in [0.2, 0.25) is 0 Å². The Kier molecular flexibility index (Phi) is 2.17. The SMILES string of the molecule is Cc1ccc(C)c(C(=O)C2C3CCCC32)c1. The van der Waals surface area contributed by atoms with Gasteiger partial charge in [-0.2, -0.15) is 0 Å². The second-order valence-corrected chi connectivity index (χ2v) is 5.47. The van der Waals surface area contributed by atoms with Gasteiger partial charge in [0.05, 0.1) is 0 Å². The van der Waals surface area contributed by atoms with Crippen molar-refractivity contribution >= 4 is 5.78 Å². The minimum Gasteiger partial charge on any atom is -0.294 e. The molecule has 0 bridgehead atoms. The summed E-state index contributed by atoms with van der Waals surface area (Å²) in [7, 11) is 0. The summed E-state index contributed by atoms with van der Waals surface area (Å²) in [5.74, 6) is 2.24. The maximum absolute atomic E-state index is 12.4. The van der Waals surface area contributed by atoms with Crippen molar-refractivity contribution in [3.8, 4) is 0 Å². The molecule has 1 nitrogen and oxygen atoms in total. The third-order valence-corrected chi connectivity index (χ3v) is 4.37. The van der Waals surface area contributed by atoms with Crippen LogP contribution in [-0.4, -0.2) is 5.78 Å². The van der Waals surface area contributed by atoms with Gasteiger partial charge in [0.25, 0.3) is 0 Å². The molecule has 2 saturated carbocycles. The van der Waals surface area contributed by atoms with Crippen molar-refractivity contribution in [2.45, 2.75) is 33.1 Å². The molecule has 0 N–H and O–H groups in total. The zero-order valence-corrected chi connectivity index (χ0v) is 9.99. The minimum absolute atomic E-state index is 0.370. The number of carbonyl (C=O) groups is 1. The van der Waals surface area contributed by atoms with Crippen LogP contribution < -0.4 is 0 Å². The average molecular weight is 214 g/mol. The molecular weight excluding hydrogens is 196 g/mol. The van der Waals surface area contributed by atoms with E-state index in [1.807, 2.05) is 6.92 Å². The molecule has 1 aromatic rings. The van der Waals surface area contributed by atoms with E-state index >= 15 is 0 Å². The number of carbonyl (C=O) groups excluding carboxylic acids is 1. The normalized spacial score (nSPS) is 31.2. The third kappa shape index (κ3) is 1.41. The lowest BCUT2D eigenvalue weighted by Crippen LogP contribution is -2.08.